The number of ether oxygens (including phenoxy) is 1. The second-order valence-corrected chi connectivity index (χ2v) is 7.37. The fraction of sp³-hybridized carbons (Fsp3) is 0.400. The zero-order valence-corrected chi connectivity index (χ0v) is 15.7. The number of rotatable bonds is 3. The van der Waals surface area contributed by atoms with E-state index in [-0.39, 0.29) is 18.1 Å². The first-order valence-electron chi connectivity index (χ1n) is 9.53. The highest BCUT2D eigenvalue weighted by atomic mass is 16.5. The Morgan fingerprint density at radius 2 is 2.04 bits per heavy atom. The minimum absolute atomic E-state index is 0.0155. The van der Waals surface area contributed by atoms with E-state index in [0.29, 0.717) is 44.3 Å². The van der Waals surface area contributed by atoms with E-state index in [9.17, 15) is 4.79 Å². The number of carbonyl (C=O) groups is 1. The first kappa shape index (κ1) is 17.1. The van der Waals surface area contributed by atoms with Gasteiger partial charge in [-0.3, -0.25) is 4.79 Å². The fourth-order valence-electron chi connectivity index (χ4n) is 4.05. The van der Waals surface area contributed by atoms with E-state index in [1.807, 2.05) is 34.7 Å². The lowest BCUT2D eigenvalue weighted by Gasteiger charge is -2.29. The summed E-state index contributed by atoms with van der Waals surface area (Å²) in [6.45, 7) is 2.38. The molecule has 5 rings (SSSR count). The lowest BCUT2D eigenvalue weighted by molar-refractivity contribution is -0.133. The highest BCUT2D eigenvalue weighted by Gasteiger charge is 2.42. The van der Waals surface area contributed by atoms with Crippen molar-refractivity contribution in [1.29, 1.82) is 0 Å². The molecule has 8 nitrogen and oxygen atoms in total. The molecule has 8 heteroatoms. The molecule has 0 aliphatic carbocycles. The van der Waals surface area contributed by atoms with Crippen molar-refractivity contribution in [3.8, 4) is 0 Å². The maximum absolute atomic E-state index is 12.8. The summed E-state index contributed by atoms with van der Waals surface area (Å²) in [5.41, 5.74) is 2.70. The van der Waals surface area contributed by atoms with Gasteiger partial charge in [0.05, 0.1) is 37.7 Å². The van der Waals surface area contributed by atoms with Crippen LogP contribution in [0.5, 0.6) is 0 Å². The molecular weight excluding hydrogens is 356 g/mol. The number of hydrogen-bond acceptors (Lipinski definition) is 6. The normalized spacial score (nSPS) is 22.5. The third-order valence-corrected chi connectivity index (χ3v) is 5.55. The summed E-state index contributed by atoms with van der Waals surface area (Å²) in [4.78, 5) is 30.3. The molecule has 0 radical (unpaired) electrons. The number of hydrogen-bond donors (Lipinski definition) is 0. The van der Waals surface area contributed by atoms with Crippen molar-refractivity contribution < 1.29 is 9.53 Å². The van der Waals surface area contributed by atoms with Gasteiger partial charge in [0.25, 0.3) is 0 Å². The molecule has 0 saturated carbocycles. The van der Waals surface area contributed by atoms with Crippen molar-refractivity contribution in [2.75, 3.05) is 24.6 Å². The van der Waals surface area contributed by atoms with Crippen LogP contribution in [0.2, 0.25) is 0 Å². The standard InChI is InChI=1S/C20H22N6O2/c1-24-13-22-19-15(24)9-21-20(23-19)25-11-16-17(12-25)28-8-7-18(27)26(16)10-14-5-3-2-4-6-14/h2-6,9,13,16-17H,7-8,10-12H2,1H3/t16-,17-/m0/s1. The van der Waals surface area contributed by atoms with Crippen LogP contribution in [-0.2, 0) is 23.1 Å². The molecule has 1 aromatic carbocycles. The summed E-state index contributed by atoms with van der Waals surface area (Å²) in [6.07, 6.45) is 3.92. The quantitative estimate of drug-likeness (QED) is 0.685. The highest BCUT2D eigenvalue weighted by molar-refractivity contribution is 5.77. The summed E-state index contributed by atoms with van der Waals surface area (Å²) < 4.78 is 7.93. The molecule has 2 aliphatic heterocycles. The third kappa shape index (κ3) is 2.99. The molecule has 2 fully saturated rings. The largest absolute Gasteiger partial charge is 0.374 e. The van der Waals surface area contributed by atoms with Gasteiger partial charge in [0.2, 0.25) is 11.9 Å². The molecule has 0 N–H and O–H groups in total. The van der Waals surface area contributed by atoms with E-state index in [0.717, 1.165) is 11.1 Å². The van der Waals surface area contributed by atoms with E-state index in [2.05, 4.69) is 32.0 Å². The highest BCUT2D eigenvalue weighted by Crippen LogP contribution is 2.27. The molecule has 2 aliphatic rings. The number of nitrogens with zero attached hydrogens (tertiary/aromatic N) is 6. The van der Waals surface area contributed by atoms with Gasteiger partial charge >= 0.3 is 0 Å². The maximum atomic E-state index is 12.8. The van der Waals surface area contributed by atoms with Crippen LogP contribution >= 0.6 is 0 Å². The summed E-state index contributed by atoms with van der Waals surface area (Å²) in [7, 11) is 1.92. The van der Waals surface area contributed by atoms with Gasteiger partial charge in [-0.1, -0.05) is 30.3 Å². The van der Waals surface area contributed by atoms with E-state index in [1.54, 1.807) is 12.5 Å². The van der Waals surface area contributed by atoms with Crippen LogP contribution < -0.4 is 4.90 Å². The van der Waals surface area contributed by atoms with Crippen LogP contribution in [0, 0.1) is 0 Å². The molecule has 2 saturated heterocycles. The average Bonchev–Trinajstić information content (AvgIpc) is 3.27. The Morgan fingerprint density at radius 1 is 1.18 bits per heavy atom. The van der Waals surface area contributed by atoms with Gasteiger partial charge in [0.1, 0.15) is 5.52 Å². The number of aromatic nitrogens is 4. The number of imidazole rings is 1. The number of benzene rings is 1. The minimum Gasteiger partial charge on any atom is -0.374 e. The zero-order chi connectivity index (χ0) is 19.1. The molecule has 0 bridgehead atoms. The van der Waals surface area contributed by atoms with Crippen molar-refractivity contribution in [2.24, 2.45) is 7.05 Å². The van der Waals surface area contributed by atoms with Gasteiger partial charge in [-0.25, -0.2) is 9.97 Å². The van der Waals surface area contributed by atoms with Crippen LogP contribution in [-0.4, -0.2) is 62.2 Å². The van der Waals surface area contributed by atoms with Gasteiger partial charge in [-0.05, 0) is 5.56 Å². The minimum atomic E-state index is -0.0433. The van der Waals surface area contributed by atoms with Crippen molar-refractivity contribution in [2.45, 2.75) is 25.1 Å². The Labute approximate surface area is 162 Å². The monoisotopic (exact) mass is 378 g/mol. The van der Waals surface area contributed by atoms with Crippen molar-refractivity contribution in [3.63, 3.8) is 0 Å². The van der Waals surface area contributed by atoms with Crippen LogP contribution in [0.15, 0.2) is 42.9 Å². The number of carbonyl (C=O) groups excluding carboxylic acids is 1. The summed E-state index contributed by atoms with van der Waals surface area (Å²) in [6, 6.07) is 10.1. The zero-order valence-electron chi connectivity index (χ0n) is 15.7. The Bertz CT molecular complexity index is 1000. The Kier molecular flexibility index (Phi) is 4.20. The molecule has 0 spiro atoms. The van der Waals surface area contributed by atoms with Gasteiger partial charge < -0.3 is 19.1 Å². The molecule has 3 aromatic rings. The number of amides is 1. The van der Waals surface area contributed by atoms with E-state index in [4.69, 9.17) is 4.74 Å². The van der Waals surface area contributed by atoms with Crippen molar-refractivity contribution in [1.82, 2.24) is 24.4 Å². The topological polar surface area (TPSA) is 76.4 Å². The smallest absolute Gasteiger partial charge is 0.227 e. The van der Waals surface area contributed by atoms with Crippen LogP contribution in [0.1, 0.15) is 12.0 Å². The molecule has 4 heterocycles. The van der Waals surface area contributed by atoms with Gasteiger partial charge in [-0.2, -0.15) is 4.98 Å². The van der Waals surface area contributed by atoms with Gasteiger partial charge in [-0.15, -0.1) is 0 Å². The van der Waals surface area contributed by atoms with Crippen LogP contribution in [0.4, 0.5) is 5.95 Å². The first-order chi connectivity index (χ1) is 13.7. The second kappa shape index (κ2) is 6.87. The van der Waals surface area contributed by atoms with Crippen LogP contribution in [0.3, 0.4) is 0 Å². The molecule has 144 valence electrons. The SMILES string of the molecule is Cn1cnc2nc(N3C[C@@H]4OCCC(=O)N(Cc5ccccc5)[C@H]4C3)ncc21. The Balaban J connectivity index is 1.41. The van der Waals surface area contributed by atoms with E-state index in [1.165, 1.54) is 0 Å². The number of aryl methyl sites for hydroxylation is 1. The number of anilines is 1. The first-order valence-corrected chi connectivity index (χ1v) is 9.53. The van der Waals surface area contributed by atoms with E-state index < -0.39 is 0 Å². The molecule has 2 atom stereocenters. The summed E-state index contributed by atoms with van der Waals surface area (Å²) in [5, 5.41) is 0. The lowest BCUT2D eigenvalue weighted by Crippen LogP contribution is -2.45. The second-order valence-electron chi connectivity index (χ2n) is 7.37. The Hall–Kier alpha value is -3.00. The van der Waals surface area contributed by atoms with Crippen molar-refractivity contribution in [3.05, 3.63) is 48.4 Å². The fourth-order valence-corrected chi connectivity index (χ4v) is 4.05. The number of fused-ring (bicyclic) bond motifs is 2. The van der Waals surface area contributed by atoms with Gasteiger partial charge in [0.15, 0.2) is 5.65 Å². The summed E-state index contributed by atoms with van der Waals surface area (Å²) >= 11 is 0. The van der Waals surface area contributed by atoms with E-state index >= 15 is 0 Å². The summed E-state index contributed by atoms with van der Waals surface area (Å²) in [5.74, 6) is 0.772. The average molecular weight is 378 g/mol. The predicted octanol–water partition coefficient (Wildman–Crippen LogP) is 1.37. The van der Waals surface area contributed by atoms with Crippen molar-refractivity contribution >= 4 is 23.0 Å². The molecule has 2 aromatic heterocycles. The van der Waals surface area contributed by atoms with Crippen LogP contribution in [0.25, 0.3) is 11.2 Å². The van der Waals surface area contributed by atoms with Gasteiger partial charge in [0, 0.05) is 26.7 Å². The molecule has 0 unspecified atom stereocenters. The molecule has 1 amide bonds. The third-order valence-electron chi connectivity index (χ3n) is 5.55. The predicted molar refractivity (Wildman–Crippen MR) is 104 cm³/mol. The molecular formula is C20H22N6O2. The lowest BCUT2D eigenvalue weighted by atomic mass is 10.1. The molecule has 28 heavy (non-hydrogen) atoms. The maximum Gasteiger partial charge on any atom is 0.227 e. The Morgan fingerprint density at radius 3 is 2.89 bits per heavy atom.